The fourth-order valence-electron chi connectivity index (χ4n) is 3.20. The molecule has 128 valence electrons. The SMILES string of the molecule is CCOc1ccc2nc(N3CCCC(C(=O)NC4CC4)C3)sc2c1. The molecule has 1 N–H and O–H groups in total. The smallest absolute Gasteiger partial charge is 0.225 e. The molecule has 5 nitrogen and oxygen atoms in total. The van der Waals surface area contributed by atoms with Gasteiger partial charge in [0.25, 0.3) is 0 Å². The normalized spacial score (nSPS) is 21.0. The largest absolute Gasteiger partial charge is 0.494 e. The maximum atomic E-state index is 12.3. The molecule has 1 saturated carbocycles. The number of anilines is 1. The van der Waals surface area contributed by atoms with Crippen LogP contribution in [0.15, 0.2) is 18.2 Å². The second kappa shape index (κ2) is 6.59. The third kappa shape index (κ3) is 3.34. The van der Waals surface area contributed by atoms with E-state index in [4.69, 9.17) is 9.72 Å². The quantitative estimate of drug-likeness (QED) is 0.904. The first-order chi connectivity index (χ1) is 11.7. The average Bonchev–Trinajstić information content (AvgIpc) is 3.31. The molecule has 1 saturated heterocycles. The molecule has 2 aromatic rings. The summed E-state index contributed by atoms with van der Waals surface area (Å²) in [5.74, 6) is 1.20. The van der Waals surface area contributed by atoms with E-state index in [1.165, 1.54) is 0 Å². The van der Waals surface area contributed by atoms with Gasteiger partial charge in [-0.05, 0) is 50.8 Å². The lowest BCUT2D eigenvalue weighted by atomic mass is 9.97. The van der Waals surface area contributed by atoms with Gasteiger partial charge in [0.2, 0.25) is 5.91 Å². The molecule has 1 unspecified atom stereocenters. The van der Waals surface area contributed by atoms with Crippen molar-refractivity contribution >= 4 is 32.6 Å². The van der Waals surface area contributed by atoms with Gasteiger partial charge in [-0.1, -0.05) is 11.3 Å². The molecule has 1 aromatic heterocycles. The number of ether oxygens (including phenoxy) is 1. The molecule has 24 heavy (non-hydrogen) atoms. The number of carbonyl (C=O) groups is 1. The summed E-state index contributed by atoms with van der Waals surface area (Å²) in [7, 11) is 0. The van der Waals surface area contributed by atoms with E-state index in [-0.39, 0.29) is 11.8 Å². The van der Waals surface area contributed by atoms with E-state index in [9.17, 15) is 4.79 Å². The van der Waals surface area contributed by atoms with Crippen LogP contribution in [0.4, 0.5) is 5.13 Å². The van der Waals surface area contributed by atoms with Gasteiger partial charge in [0.15, 0.2) is 5.13 Å². The lowest BCUT2D eigenvalue weighted by Gasteiger charge is -2.31. The number of carbonyl (C=O) groups excluding carboxylic acids is 1. The second-order valence-electron chi connectivity index (χ2n) is 6.63. The van der Waals surface area contributed by atoms with Gasteiger partial charge in [-0.3, -0.25) is 4.79 Å². The summed E-state index contributed by atoms with van der Waals surface area (Å²) in [4.78, 5) is 19.4. The highest BCUT2D eigenvalue weighted by Gasteiger charge is 2.31. The van der Waals surface area contributed by atoms with Crippen molar-refractivity contribution < 1.29 is 9.53 Å². The molecule has 2 heterocycles. The van der Waals surface area contributed by atoms with Crippen LogP contribution in [0, 0.1) is 5.92 Å². The maximum absolute atomic E-state index is 12.3. The molecular weight excluding hydrogens is 322 g/mol. The van der Waals surface area contributed by atoms with Gasteiger partial charge >= 0.3 is 0 Å². The molecule has 1 aliphatic carbocycles. The molecular formula is C18H23N3O2S. The lowest BCUT2D eigenvalue weighted by molar-refractivity contribution is -0.125. The summed E-state index contributed by atoms with van der Waals surface area (Å²) >= 11 is 1.69. The molecule has 2 fully saturated rings. The second-order valence-corrected chi connectivity index (χ2v) is 7.64. The van der Waals surface area contributed by atoms with E-state index in [0.717, 1.165) is 59.9 Å². The van der Waals surface area contributed by atoms with Crippen molar-refractivity contribution in [3.8, 4) is 5.75 Å². The fraction of sp³-hybridized carbons (Fsp3) is 0.556. The monoisotopic (exact) mass is 345 g/mol. The predicted molar refractivity (Wildman–Crippen MR) is 96.9 cm³/mol. The van der Waals surface area contributed by atoms with Crippen LogP contribution in [0.1, 0.15) is 32.6 Å². The van der Waals surface area contributed by atoms with Gasteiger partial charge in [-0.2, -0.15) is 0 Å². The first kappa shape index (κ1) is 15.7. The molecule has 4 rings (SSSR count). The van der Waals surface area contributed by atoms with Crippen molar-refractivity contribution in [3.63, 3.8) is 0 Å². The van der Waals surface area contributed by atoms with E-state index >= 15 is 0 Å². The first-order valence-electron chi connectivity index (χ1n) is 8.81. The van der Waals surface area contributed by atoms with E-state index in [2.05, 4.69) is 16.3 Å². The maximum Gasteiger partial charge on any atom is 0.225 e. The van der Waals surface area contributed by atoms with Crippen molar-refractivity contribution in [2.45, 2.75) is 38.6 Å². The Morgan fingerprint density at radius 2 is 2.29 bits per heavy atom. The van der Waals surface area contributed by atoms with Gasteiger partial charge in [-0.15, -0.1) is 0 Å². The molecule has 1 atom stereocenters. The number of piperidine rings is 1. The van der Waals surface area contributed by atoms with Gasteiger partial charge in [-0.25, -0.2) is 4.98 Å². The molecule has 0 spiro atoms. The van der Waals surface area contributed by atoms with Crippen molar-refractivity contribution in [2.24, 2.45) is 5.92 Å². The lowest BCUT2D eigenvalue weighted by Crippen LogP contribution is -2.43. The van der Waals surface area contributed by atoms with Crippen molar-refractivity contribution in [3.05, 3.63) is 18.2 Å². The summed E-state index contributed by atoms with van der Waals surface area (Å²) in [6.45, 7) is 4.41. The number of thiazole rings is 1. The number of hydrogen-bond acceptors (Lipinski definition) is 5. The topological polar surface area (TPSA) is 54.5 Å². The Morgan fingerprint density at radius 3 is 3.08 bits per heavy atom. The van der Waals surface area contributed by atoms with Gasteiger partial charge < -0.3 is 15.0 Å². The zero-order chi connectivity index (χ0) is 16.5. The molecule has 2 aliphatic rings. The van der Waals surface area contributed by atoms with Crippen LogP contribution in [0.25, 0.3) is 10.2 Å². The number of fused-ring (bicyclic) bond motifs is 1. The van der Waals surface area contributed by atoms with Crippen LogP contribution in [-0.2, 0) is 4.79 Å². The molecule has 1 aliphatic heterocycles. The fourth-order valence-corrected chi connectivity index (χ4v) is 4.23. The number of aromatic nitrogens is 1. The van der Waals surface area contributed by atoms with E-state index in [0.29, 0.717) is 12.6 Å². The minimum atomic E-state index is 0.0883. The summed E-state index contributed by atoms with van der Waals surface area (Å²) in [5.41, 5.74) is 1.00. The van der Waals surface area contributed by atoms with E-state index in [1.54, 1.807) is 11.3 Å². The molecule has 1 aromatic carbocycles. The predicted octanol–water partition coefficient (Wildman–Crippen LogP) is 3.19. The molecule has 1 amide bonds. The average molecular weight is 345 g/mol. The third-order valence-electron chi connectivity index (χ3n) is 4.65. The number of nitrogens with one attached hydrogen (secondary N) is 1. The number of amides is 1. The zero-order valence-electron chi connectivity index (χ0n) is 14.0. The number of nitrogens with zero attached hydrogens (tertiary/aromatic N) is 2. The minimum absolute atomic E-state index is 0.0883. The Hall–Kier alpha value is -1.82. The number of benzene rings is 1. The van der Waals surface area contributed by atoms with Gasteiger partial charge in [0.1, 0.15) is 5.75 Å². The third-order valence-corrected chi connectivity index (χ3v) is 5.73. The summed E-state index contributed by atoms with van der Waals surface area (Å²) in [5, 5.41) is 4.16. The van der Waals surface area contributed by atoms with Crippen LogP contribution in [-0.4, -0.2) is 36.6 Å². The summed E-state index contributed by atoms with van der Waals surface area (Å²) in [6.07, 6.45) is 4.31. The summed E-state index contributed by atoms with van der Waals surface area (Å²) in [6, 6.07) is 6.48. The van der Waals surface area contributed by atoms with Crippen LogP contribution < -0.4 is 15.0 Å². The number of hydrogen-bond donors (Lipinski definition) is 1. The van der Waals surface area contributed by atoms with Crippen LogP contribution in [0.2, 0.25) is 0 Å². The highest BCUT2D eigenvalue weighted by atomic mass is 32.1. The highest BCUT2D eigenvalue weighted by Crippen LogP contribution is 2.33. The first-order valence-corrected chi connectivity index (χ1v) is 9.63. The zero-order valence-corrected chi connectivity index (χ0v) is 14.8. The molecule has 0 radical (unpaired) electrons. The van der Waals surface area contributed by atoms with Crippen molar-refractivity contribution in [2.75, 3.05) is 24.6 Å². The van der Waals surface area contributed by atoms with Crippen LogP contribution >= 0.6 is 11.3 Å². The Bertz CT molecular complexity index is 741. The Balaban J connectivity index is 1.49. The molecule has 6 heteroatoms. The Morgan fingerprint density at radius 1 is 1.42 bits per heavy atom. The number of rotatable bonds is 5. The minimum Gasteiger partial charge on any atom is -0.494 e. The van der Waals surface area contributed by atoms with Crippen LogP contribution in [0.3, 0.4) is 0 Å². The standard InChI is InChI=1S/C18H23N3O2S/c1-2-23-14-7-8-15-16(10-14)24-18(20-15)21-9-3-4-12(11-21)17(22)19-13-5-6-13/h7-8,10,12-13H,2-6,9,11H2,1H3,(H,19,22). The van der Waals surface area contributed by atoms with Crippen molar-refractivity contribution in [1.82, 2.24) is 10.3 Å². The van der Waals surface area contributed by atoms with E-state index in [1.807, 2.05) is 19.1 Å². The van der Waals surface area contributed by atoms with Gasteiger partial charge in [0.05, 0.1) is 22.7 Å². The van der Waals surface area contributed by atoms with Crippen molar-refractivity contribution in [1.29, 1.82) is 0 Å². The van der Waals surface area contributed by atoms with Crippen LogP contribution in [0.5, 0.6) is 5.75 Å². The molecule has 0 bridgehead atoms. The summed E-state index contributed by atoms with van der Waals surface area (Å²) < 4.78 is 6.71. The Kier molecular flexibility index (Phi) is 4.31. The van der Waals surface area contributed by atoms with E-state index < -0.39 is 0 Å². The van der Waals surface area contributed by atoms with Gasteiger partial charge in [0, 0.05) is 19.1 Å². The highest BCUT2D eigenvalue weighted by molar-refractivity contribution is 7.22. The Labute approximate surface area is 146 Å².